The average Bonchev–Trinajstić information content (AvgIpc) is 3.24. The molecule has 254 valence electrons. The Balaban J connectivity index is 1.02. The van der Waals surface area contributed by atoms with Gasteiger partial charge in [0, 0.05) is 24.0 Å². The Bertz CT molecular complexity index is 2360. The smallest absolute Gasteiger partial charge is 0.160 e. The van der Waals surface area contributed by atoms with Gasteiger partial charge in [0.15, 0.2) is 5.82 Å². The highest BCUT2D eigenvalue weighted by Crippen LogP contribution is 2.34. The number of nitrogens with zero attached hydrogens (tertiary/aromatic N) is 5. The van der Waals surface area contributed by atoms with E-state index in [0.717, 1.165) is 94.6 Å². The van der Waals surface area contributed by atoms with E-state index >= 15 is 0 Å². The van der Waals surface area contributed by atoms with Crippen molar-refractivity contribution < 1.29 is 0 Å². The molecular formula is C47H41N5. The first-order valence-corrected chi connectivity index (χ1v) is 18.2. The van der Waals surface area contributed by atoms with E-state index in [2.05, 4.69) is 133 Å². The zero-order chi connectivity index (χ0) is 35.1. The van der Waals surface area contributed by atoms with Crippen molar-refractivity contribution in [3.8, 4) is 33.8 Å². The Morgan fingerprint density at radius 2 is 1.33 bits per heavy atom. The van der Waals surface area contributed by atoms with Gasteiger partial charge in [0.1, 0.15) is 5.49 Å². The van der Waals surface area contributed by atoms with Crippen LogP contribution in [0.1, 0.15) is 55.3 Å². The van der Waals surface area contributed by atoms with Crippen LogP contribution >= 0.6 is 0 Å². The normalized spacial score (nSPS) is 15.8. The molecule has 5 nitrogen and oxygen atoms in total. The molecule has 0 saturated carbocycles. The van der Waals surface area contributed by atoms with E-state index in [0.29, 0.717) is 6.54 Å². The van der Waals surface area contributed by atoms with Crippen LogP contribution in [0.4, 0.5) is 0 Å². The fourth-order valence-electron chi connectivity index (χ4n) is 6.99. The molecule has 2 heterocycles. The second-order valence-electron chi connectivity index (χ2n) is 13.4. The monoisotopic (exact) mass is 675 g/mol. The lowest BCUT2D eigenvalue weighted by atomic mass is 9.88. The summed E-state index contributed by atoms with van der Waals surface area (Å²) in [6, 6.07) is 33.8. The Kier molecular flexibility index (Phi) is 9.74. The predicted molar refractivity (Wildman–Crippen MR) is 215 cm³/mol. The maximum atomic E-state index is 5.07. The lowest BCUT2D eigenvalue weighted by Crippen LogP contribution is -2.17. The van der Waals surface area contributed by atoms with E-state index < -0.39 is 0 Å². The lowest BCUT2D eigenvalue weighted by Gasteiger charge is -2.19. The van der Waals surface area contributed by atoms with Crippen LogP contribution in [0, 0.1) is 0 Å². The molecule has 0 N–H and O–H groups in total. The number of pyridine rings is 1. The number of hydrogen-bond acceptors (Lipinski definition) is 4. The van der Waals surface area contributed by atoms with Crippen molar-refractivity contribution in [2.75, 3.05) is 0 Å². The fourth-order valence-corrected chi connectivity index (χ4v) is 6.99. The predicted octanol–water partition coefficient (Wildman–Crippen LogP) is 11.0. The first kappa shape index (κ1) is 33.0. The summed E-state index contributed by atoms with van der Waals surface area (Å²) in [5, 5.41) is 4.19. The maximum Gasteiger partial charge on any atom is 0.160 e. The summed E-state index contributed by atoms with van der Waals surface area (Å²) in [7, 11) is 0. The summed E-state index contributed by atoms with van der Waals surface area (Å²) in [5.74, 6) is 0.748. The standard InChI is InChI=1S/C47H41N5/c1-48-52-33-43(36-13-7-3-8-14-36)29-30-46(52)49-32-34-17-19-37(20-18-34)39-23-27-41(28-24-39)45-31-44(50-47(51-45)42-15-9-4-10-16-42)40-25-21-38(22-26-40)35-11-5-2-6-12-35/h2,4-5,7,9-11,13-21,23-25,27-31,33H,1,3,6,8,12,22,26,32H2. The first-order chi connectivity index (χ1) is 25.7. The van der Waals surface area contributed by atoms with Gasteiger partial charge in [-0.1, -0.05) is 127 Å². The molecule has 0 radical (unpaired) electrons. The molecule has 3 aliphatic carbocycles. The van der Waals surface area contributed by atoms with Crippen molar-refractivity contribution >= 4 is 17.9 Å². The minimum atomic E-state index is 0.555. The van der Waals surface area contributed by atoms with Gasteiger partial charge in [0.05, 0.1) is 17.9 Å². The number of rotatable bonds is 9. The van der Waals surface area contributed by atoms with Crippen LogP contribution in [0.15, 0.2) is 173 Å². The van der Waals surface area contributed by atoms with Crippen LogP contribution in [0.3, 0.4) is 0 Å². The van der Waals surface area contributed by atoms with Crippen molar-refractivity contribution in [1.29, 1.82) is 0 Å². The van der Waals surface area contributed by atoms with Gasteiger partial charge in [-0.3, -0.25) is 4.99 Å². The average molecular weight is 676 g/mol. The molecular weight excluding hydrogens is 635 g/mol. The van der Waals surface area contributed by atoms with Crippen molar-refractivity contribution in [3.63, 3.8) is 0 Å². The van der Waals surface area contributed by atoms with E-state index in [1.54, 1.807) is 4.68 Å². The van der Waals surface area contributed by atoms with Crippen LogP contribution in [0.5, 0.6) is 0 Å². The lowest BCUT2D eigenvalue weighted by molar-refractivity contribution is 0.782. The first-order valence-electron chi connectivity index (χ1n) is 18.2. The van der Waals surface area contributed by atoms with Crippen LogP contribution < -0.4 is 5.49 Å². The van der Waals surface area contributed by atoms with Crippen LogP contribution in [0.25, 0.3) is 44.9 Å². The van der Waals surface area contributed by atoms with E-state index in [9.17, 15) is 0 Å². The van der Waals surface area contributed by atoms with E-state index in [1.807, 2.05) is 30.5 Å². The van der Waals surface area contributed by atoms with Gasteiger partial charge >= 0.3 is 0 Å². The molecule has 0 amide bonds. The topological polar surface area (TPSA) is 55.4 Å². The summed E-state index contributed by atoms with van der Waals surface area (Å²) < 4.78 is 1.76. The molecule has 0 unspecified atom stereocenters. The van der Waals surface area contributed by atoms with Crippen molar-refractivity contribution in [2.24, 2.45) is 10.1 Å². The van der Waals surface area contributed by atoms with E-state index in [1.165, 1.54) is 22.3 Å². The molecule has 5 aromatic rings. The Labute approximate surface area is 305 Å². The maximum absolute atomic E-state index is 5.07. The summed E-state index contributed by atoms with van der Waals surface area (Å²) >= 11 is 0. The van der Waals surface area contributed by atoms with Crippen LogP contribution in [-0.2, 0) is 6.54 Å². The van der Waals surface area contributed by atoms with Gasteiger partial charge in [-0.05, 0) is 101 Å². The zero-order valence-corrected chi connectivity index (χ0v) is 29.3. The van der Waals surface area contributed by atoms with Crippen molar-refractivity contribution in [3.05, 3.63) is 185 Å². The third kappa shape index (κ3) is 7.45. The fraction of sp³-hybridized carbons (Fsp3) is 0.149. The Morgan fingerprint density at radius 1 is 0.615 bits per heavy atom. The van der Waals surface area contributed by atoms with Gasteiger partial charge in [0.25, 0.3) is 0 Å². The summed E-state index contributed by atoms with van der Waals surface area (Å²) in [6.45, 7) is 4.32. The Hall–Kier alpha value is -6.20. The minimum absolute atomic E-state index is 0.555. The van der Waals surface area contributed by atoms with Gasteiger partial charge < -0.3 is 0 Å². The molecule has 3 aliphatic rings. The van der Waals surface area contributed by atoms with Crippen molar-refractivity contribution in [1.82, 2.24) is 14.6 Å². The highest BCUT2D eigenvalue weighted by atomic mass is 15.3. The molecule has 52 heavy (non-hydrogen) atoms. The van der Waals surface area contributed by atoms with E-state index in [-0.39, 0.29) is 0 Å². The zero-order valence-electron chi connectivity index (χ0n) is 29.3. The summed E-state index contributed by atoms with van der Waals surface area (Å²) in [4.78, 5) is 15.0. The molecule has 0 saturated heterocycles. The van der Waals surface area contributed by atoms with Crippen molar-refractivity contribution in [2.45, 2.75) is 45.1 Å². The third-order valence-corrected chi connectivity index (χ3v) is 9.94. The molecule has 3 aromatic carbocycles. The summed E-state index contributed by atoms with van der Waals surface area (Å²) in [6.07, 6.45) is 26.3. The number of aromatic nitrogens is 3. The second kappa shape index (κ2) is 15.4. The quantitative estimate of drug-likeness (QED) is 0.146. The van der Waals surface area contributed by atoms with E-state index in [4.69, 9.17) is 15.0 Å². The van der Waals surface area contributed by atoms with Gasteiger partial charge in [-0.2, -0.15) is 5.10 Å². The molecule has 0 fully saturated rings. The molecule has 0 aliphatic heterocycles. The molecule has 0 bridgehead atoms. The number of hydrogen-bond donors (Lipinski definition) is 0. The largest absolute Gasteiger partial charge is 0.262 e. The number of benzene rings is 3. The van der Waals surface area contributed by atoms with Gasteiger partial charge in [-0.25, -0.2) is 14.6 Å². The molecule has 0 spiro atoms. The molecule has 8 rings (SSSR count). The molecule has 2 aromatic heterocycles. The number of allylic oxidation sites excluding steroid dienone is 12. The SMILES string of the molecule is C=Nn1cc(C2=CCCC=C2)ccc1=NCc1ccc(-c2ccc(-c3cc(C4=CC=C(C5=CC=CCC5)CC4)nc(-c4ccccc4)n3)cc2)cc1. The molecule has 5 heteroatoms. The van der Waals surface area contributed by atoms with Crippen LogP contribution in [-0.4, -0.2) is 21.4 Å². The van der Waals surface area contributed by atoms with Gasteiger partial charge in [-0.15, -0.1) is 0 Å². The summed E-state index contributed by atoms with van der Waals surface area (Å²) in [5.41, 5.74) is 14.7. The Morgan fingerprint density at radius 3 is 2.04 bits per heavy atom. The minimum Gasteiger partial charge on any atom is -0.262 e. The highest BCUT2D eigenvalue weighted by molar-refractivity contribution is 5.76. The third-order valence-electron chi connectivity index (χ3n) is 9.94. The van der Waals surface area contributed by atoms with Crippen LogP contribution in [0.2, 0.25) is 0 Å². The highest BCUT2D eigenvalue weighted by Gasteiger charge is 2.16. The second-order valence-corrected chi connectivity index (χ2v) is 13.4. The van der Waals surface area contributed by atoms with Gasteiger partial charge in [0.2, 0.25) is 0 Å². The molecule has 0 atom stereocenters.